The lowest BCUT2D eigenvalue weighted by Gasteiger charge is -2.51. The van der Waals surface area contributed by atoms with Crippen molar-refractivity contribution in [2.75, 3.05) is 6.54 Å². The molecule has 2 saturated heterocycles. The quantitative estimate of drug-likeness (QED) is 0.836. The van der Waals surface area contributed by atoms with Crippen molar-refractivity contribution in [1.29, 1.82) is 0 Å². The van der Waals surface area contributed by atoms with Crippen LogP contribution in [0.5, 0.6) is 0 Å². The molecule has 2 aliphatic heterocycles. The van der Waals surface area contributed by atoms with Crippen molar-refractivity contribution in [1.82, 2.24) is 15.5 Å². The Labute approximate surface area is 130 Å². The van der Waals surface area contributed by atoms with E-state index in [1.807, 2.05) is 0 Å². The highest BCUT2D eigenvalue weighted by atomic mass is 16.2. The van der Waals surface area contributed by atoms with Gasteiger partial charge in [0.05, 0.1) is 6.04 Å². The summed E-state index contributed by atoms with van der Waals surface area (Å²) >= 11 is 0. The first-order valence-electron chi connectivity index (χ1n) is 8.64. The third-order valence-corrected chi connectivity index (χ3v) is 4.85. The molecule has 2 fully saturated rings. The lowest BCUT2D eigenvalue weighted by Crippen LogP contribution is -2.62. The molecule has 2 N–H and O–H groups in total. The second kappa shape index (κ2) is 6.66. The number of hydrogen-bond donors (Lipinski definition) is 2. The zero-order valence-electron chi connectivity index (χ0n) is 14.4. The first kappa shape index (κ1) is 16.8. The Morgan fingerprint density at radius 1 is 1.24 bits per heavy atom. The standard InChI is InChI=1S/C17H33N3O/c1-6-18-13-10-14-8-7-9-15(11-13)20(14)12(2)16(21)19-17(3,4)5/h12-15,18H,6-11H2,1-5H3,(H,19,21). The third-order valence-electron chi connectivity index (χ3n) is 4.85. The summed E-state index contributed by atoms with van der Waals surface area (Å²) in [5.74, 6) is 0.182. The number of amides is 1. The van der Waals surface area contributed by atoms with E-state index in [2.05, 4.69) is 50.2 Å². The van der Waals surface area contributed by atoms with Crippen LogP contribution >= 0.6 is 0 Å². The molecular formula is C17H33N3O. The molecule has 3 atom stereocenters. The minimum absolute atomic E-state index is 0.0119. The smallest absolute Gasteiger partial charge is 0.237 e. The molecule has 0 saturated carbocycles. The topological polar surface area (TPSA) is 44.4 Å². The molecule has 0 aromatic rings. The summed E-state index contributed by atoms with van der Waals surface area (Å²) in [7, 11) is 0. The number of hydrogen-bond acceptors (Lipinski definition) is 3. The Hall–Kier alpha value is -0.610. The second-order valence-corrected chi connectivity index (χ2v) is 7.83. The van der Waals surface area contributed by atoms with E-state index >= 15 is 0 Å². The molecule has 122 valence electrons. The molecule has 0 aromatic carbocycles. The number of fused-ring (bicyclic) bond motifs is 2. The molecule has 2 aliphatic rings. The van der Waals surface area contributed by atoms with E-state index in [0.29, 0.717) is 18.1 Å². The Bertz CT molecular complexity index is 350. The van der Waals surface area contributed by atoms with Crippen LogP contribution in [0.15, 0.2) is 0 Å². The van der Waals surface area contributed by atoms with Crippen LogP contribution in [-0.4, -0.2) is 47.1 Å². The first-order chi connectivity index (χ1) is 9.81. The molecule has 2 heterocycles. The van der Waals surface area contributed by atoms with E-state index in [9.17, 15) is 4.79 Å². The average molecular weight is 295 g/mol. The van der Waals surface area contributed by atoms with Gasteiger partial charge in [0.25, 0.3) is 0 Å². The summed E-state index contributed by atoms with van der Waals surface area (Å²) in [6, 6.07) is 1.77. The molecule has 0 aromatic heterocycles. The van der Waals surface area contributed by atoms with Crippen molar-refractivity contribution in [3.8, 4) is 0 Å². The fourth-order valence-corrected chi connectivity index (χ4v) is 4.11. The highest BCUT2D eigenvalue weighted by molar-refractivity contribution is 5.82. The van der Waals surface area contributed by atoms with Gasteiger partial charge >= 0.3 is 0 Å². The molecule has 2 rings (SSSR count). The van der Waals surface area contributed by atoms with Crippen molar-refractivity contribution < 1.29 is 4.79 Å². The fraction of sp³-hybridized carbons (Fsp3) is 0.941. The van der Waals surface area contributed by atoms with Gasteiger partial charge in [-0.15, -0.1) is 0 Å². The summed E-state index contributed by atoms with van der Waals surface area (Å²) < 4.78 is 0. The summed E-state index contributed by atoms with van der Waals surface area (Å²) in [6.45, 7) is 11.5. The van der Waals surface area contributed by atoms with Crippen molar-refractivity contribution in [2.24, 2.45) is 0 Å². The van der Waals surface area contributed by atoms with E-state index in [4.69, 9.17) is 0 Å². The van der Waals surface area contributed by atoms with Gasteiger partial charge in [0.15, 0.2) is 0 Å². The zero-order chi connectivity index (χ0) is 15.6. The minimum atomic E-state index is -0.150. The van der Waals surface area contributed by atoms with Crippen molar-refractivity contribution in [3.05, 3.63) is 0 Å². The van der Waals surface area contributed by atoms with Gasteiger partial charge in [0.1, 0.15) is 0 Å². The van der Waals surface area contributed by atoms with Crippen molar-refractivity contribution >= 4 is 5.91 Å². The van der Waals surface area contributed by atoms with Crippen LogP contribution < -0.4 is 10.6 Å². The number of nitrogens with zero attached hydrogens (tertiary/aromatic N) is 1. The largest absolute Gasteiger partial charge is 0.350 e. The predicted molar refractivity (Wildman–Crippen MR) is 87.3 cm³/mol. The van der Waals surface area contributed by atoms with Crippen LogP contribution in [0.3, 0.4) is 0 Å². The molecule has 21 heavy (non-hydrogen) atoms. The van der Waals surface area contributed by atoms with Gasteiger partial charge in [-0.1, -0.05) is 13.3 Å². The van der Waals surface area contributed by atoms with Gasteiger partial charge in [-0.2, -0.15) is 0 Å². The summed E-state index contributed by atoms with van der Waals surface area (Å²) in [6.07, 6.45) is 6.18. The van der Waals surface area contributed by atoms with Crippen LogP contribution in [0.2, 0.25) is 0 Å². The molecule has 0 aliphatic carbocycles. The van der Waals surface area contributed by atoms with Crippen LogP contribution in [0.4, 0.5) is 0 Å². The van der Waals surface area contributed by atoms with E-state index in [-0.39, 0.29) is 17.5 Å². The molecule has 0 radical (unpaired) electrons. The van der Waals surface area contributed by atoms with E-state index in [0.717, 1.165) is 6.54 Å². The number of piperidine rings is 2. The van der Waals surface area contributed by atoms with Crippen LogP contribution in [0, 0.1) is 0 Å². The Morgan fingerprint density at radius 2 is 1.81 bits per heavy atom. The molecule has 4 heteroatoms. The molecule has 1 amide bonds. The highest BCUT2D eigenvalue weighted by Gasteiger charge is 2.42. The maximum Gasteiger partial charge on any atom is 0.237 e. The third kappa shape index (κ3) is 4.19. The highest BCUT2D eigenvalue weighted by Crippen LogP contribution is 2.35. The van der Waals surface area contributed by atoms with Gasteiger partial charge in [0, 0.05) is 23.7 Å². The Kier molecular flexibility index (Phi) is 5.31. The van der Waals surface area contributed by atoms with E-state index in [1.54, 1.807) is 0 Å². The number of carbonyl (C=O) groups is 1. The molecule has 3 unspecified atom stereocenters. The maximum atomic E-state index is 12.5. The minimum Gasteiger partial charge on any atom is -0.350 e. The normalized spacial score (nSPS) is 31.8. The Morgan fingerprint density at radius 3 is 2.29 bits per heavy atom. The van der Waals surface area contributed by atoms with Gasteiger partial charge in [-0.25, -0.2) is 0 Å². The second-order valence-electron chi connectivity index (χ2n) is 7.83. The van der Waals surface area contributed by atoms with Gasteiger partial charge < -0.3 is 10.6 Å². The van der Waals surface area contributed by atoms with Crippen LogP contribution in [0.1, 0.15) is 66.7 Å². The molecular weight excluding hydrogens is 262 g/mol. The summed E-state index contributed by atoms with van der Waals surface area (Å²) in [5, 5.41) is 6.76. The predicted octanol–water partition coefficient (Wildman–Crippen LogP) is 2.28. The van der Waals surface area contributed by atoms with Gasteiger partial charge in [-0.05, 0) is 59.9 Å². The number of carbonyl (C=O) groups excluding carboxylic acids is 1. The number of rotatable bonds is 4. The fourth-order valence-electron chi connectivity index (χ4n) is 4.11. The molecule has 4 nitrogen and oxygen atoms in total. The zero-order valence-corrected chi connectivity index (χ0v) is 14.4. The van der Waals surface area contributed by atoms with Crippen molar-refractivity contribution in [2.45, 2.75) is 96.4 Å². The van der Waals surface area contributed by atoms with Gasteiger partial charge in [-0.3, -0.25) is 9.69 Å². The number of nitrogens with one attached hydrogen (secondary N) is 2. The SMILES string of the molecule is CCNC1CC2CCCC(C1)N2C(C)C(=O)NC(C)(C)C. The van der Waals surface area contributed by atoms with Crippen molar-refractivity contribution in [3.63, 3.8) is 0 Å². The van der Waals surface area contributed by atoms with Gasteiger partial charge in [0.2, 0.25) is 5.91 Å². The maximum absolute atomic E-state index is 12.5. The lowest BCUT2D eigenvalue weighted by molar-refractivity contribution is -0.132. The van der Waals surface area contributed by atoms with E-state index in [1.165, 1.54) is 32.1 Å². The van der Waals surface area contributed by atoms with E-state index < -0.39 is 0 Å². The summed E-state index contributed by atoms with van der Waals surface area (Å²) in [5.41, 5.74) is -0.150. The molecule has 2 bridgehead atoms. The van der Waals surface area contributed by atoms with Crippen LogP contribution in [0.25, 0.3) is 0 Å². The molecule has 0 spiro atoms. The summed E-state index contributed by atoms with van der Waals surface area (Å²) in [4.78, 5) is 15.0. The average Bonchev–Trinajstić information content (AvgIpc) is 2.35. The van der Waals surface area contributed by atoms with Crippen LogP contribution in [-0.2, 0) is 4.79 Å². The first-order valence-corrected chi connectivity index (χ1v) is 8.64. The Balaban J connectivity index is 2.03. The lowest BCUT2D eigenvalue weighted by atomic mass is 9.80. The monoisotopic (exact) mass is 295 g/mol.